The largest absolute Gasteiger partial charge is 0.378 e. The van der Waals surface area contributed by atoms with Crippen LogP contribution in [0.3, 0.4) is 0 Å². The Labute approximate surface area is 186 Å². The van der Waals surface area contributed by atoms with Crippen LogP contribution in [-0.4, -0.2) is 44.0 Å². The molecule has 33 heavy (non-hydrogen) atoms. The van der Waals surface area contributed by atoms with Crippen LogP contribution in [0.2, 0.25) is 0 Å². The Morgan fingerprint density at radius 3 is 2.82 bits per heavy atom. The van der Waals surface area contributed by atoms with Crippen LogP contribution in [0.15, 0.2) is 58.3 Å². The second-order valence-electron chi connectivity index (χ2n) is 7.32. The van der Waals surface area contributed by atoms with Crippen LogP contribution in [0.25, 0.3) is 5.82 Å². The maximum absolute atomic E-state index is 13.0. The molecule has 4 aromatic rings. The molecule has 11 nitrogen and oxygen atoms in total. The number of halogens is 1. The Hall–Kier alpha value is -4.61. The van der Waals surface area contributed by atoms with E-state index in [0.29, 0.717) is 17.8 Å². The third-order valence-electron chi connectivity index (χ3n) is 5.25. The number of rotatable bonds is 6. The number of carbonyl (C=O) groups excluding carboxylic acids is 1. The SMILES string of the molecule is Nc1nonc1-n1nnc(C(=O)N/N=C/c2ccc(F)cc2)c1CN1CCc2ccccc21. The maximum Gasteiger partial charge on any atom is 0.293 e. The number of para-hydroxylation sites is 1. The molecule has 0 aliphatic carbocycles. The second-order valence-corrected chi connectivity index (χ2v) is 7.32. The summed E-state index contributed by atoms with van der Waals surface area (Å²) in [7, 11) is 0. The number of benzene rings is 2. The Morgan fingerprint density at radius 1 is 1.21 bits per heavy atom. The second kappa shape index (κ2) is 8.49. The van der Waals surface area contributed by atoms with E-state index in [0.717, 1.165) is 18.7 Å². The lowest BCUT2D eigenvalue weighted by molar-refractivity contribution is 0.0949. The number of aromatic nitrogens is 5. The minimum absolute atomic E-state index is 0.0178. The van der Waals surface area contributed by atoms with E-state index >= 15 is 0 Å². The molecule has 12 heteroatoms. The average Bonchev–Trinajstić information content (AvgIpc) is 3.54. The van der Waals surface area contributed by atoms with Gasteiger partial charge in [-0.05, 0) is 46.1 Å². The number of nitrogens with two attached hydrogens (primary N) is 1. The zero-order valence-corrected chi connectivity index (χ0v) is 17.2. The Kier molecular flexibility index (Phi) is 5.23. The van der Waals surface area contributed by atoms with Crippen molar-refractivity contribution in [1.82, 2.24) is 30.7 Å². The number of hydrogen-bond donors (Lipinski definition) is 2. The molecule has 0 fully saturated rings. The number of carbonyl (C=O) groups is 1. The molecule has 0 atom stereocenters. The minimum Gasteiger partial charge on any atom is -0.378 e. The predicted octanol–water partition coefficient (Wildman–Crippen LogP) is 1.70. The summed E-state index contributed by atoms with van der Waals surface area (Å²) in [4.78, 5) is 15.0. The number of hydrazone groups is 1. The lowest BCUT2D eigenvalue weighted by Crippen LogP contribution is -2.26. The van der Waals surface area contributed by atoms with Crippen molar-refractivity contribution in [2.45, 2.75) is 13.0 Å². The van der Waals surface area contributed by atoms with Gasteiger partial charge in [0.15, 0.2) is 5.69 Å². The Balaban J connectivity index is 1.43. The van der Waals surface area contributed by atoms with Gasteiger partial charge in [-0.25, -0.2) is 14.4 Å². The topological polar surface area (TPSA) is 140 Å². The molecule has 5 rings (SSSR count). The van der Waals surface area contributed by atoms with E-state index in [4.69, 9.17) is 10.4 Å². The van der Waals surface area contributed by atoms with Crippen molar-refractivity contribution in [2.75, 3.05) is 17.2 Å². The Morgan fingerprint density at radius 2 is 2.03 bits per heavy atom. The van der Waals surface area contributed by atoms with E-state index < -0.39 is 5.91 Å². The van der Waals surface area contributed by atoms with Gasteiger partial charge >= 0.3 is 0 Å². The van der Waals surface area contributed by atoms with Crippen LogP contribution in [-0.2, 0) is 13.0 Å². The summed E-state index contributed by atoms with van der Waals surface area (Å²) in [5.74, 6) is -0.775. The van der Waals surface area contributed by atoms with Crippen LogP contribution >= 0.6 is 0 Å². The van der Waals surface area contributed by atoms with Gasteiger partial charge in [0.25, 0.3) is 5.91 Å². The molecule has 3 heterocycles. The van der Waals surface area contributed by atoms with E-state index in [9.17, 15) is 9.18 Å². The Bertz CT molecular complexity index is 1330. The lowest BCUT2D eigenvalue weighted by atomic mass is 10.2. The molecule has 1 amide bonds. The highest BCUT2D eigenvalue weighted by atomic mass is 19.1. The lowest BCUT2D eigenvalue weighted by Gasteiger charge is -2.19. The molecule has 0 unspecified atom stereocenters. The number of nitrogens with zero attached hydrogens (tertiary/aromatic N) is 7. The smallest absolute Gasteiger partial charge is 0.293 e. The van der Waals surface area contributed by atoms with Crippen LogP contribution in [0, 0.1) is 5.82 Å². The highest BCUT2D eigenvalue weighted by Gasteiger charge is 2.27. The summed E-state index contributed by atoms with van der Waals surface area (Å²) in [6, 6.07) is 13.7. The highest BCUT2D eigenvalue weighted by Crippen LogP contribution is 2.30. The van der Waals surface area contributed by atoms with Crippen LogP contribution in [0.4, 0.5) is 15.9 Å². The number of amides is 1. The van der Waals surface area contributed by atoms with Crippen molar-refractivity contribution < 1.29 is 13.8 Å². The van der Waals surface area contributed by atoms with E-state index in [1.165, 1.54) is 40.7 Å². The standard InChI is InChI=1S/C21H18FN9O2/c22-15-7-5-13(6-8-15)11-24-26-21(32)18-17(31(29-25-18)20-19(23)27-33-28-20)12-30-10-9-14-3-1-2-4-16(14)30/h1-8,11H,9-10,12H2,(H2,23,27)(H,26,32)/b24-11+. The first kappa shape index (κ1) is 20.3. The summed E-state index contributed by atoms with van der Waals surface area (Å²) in [5.41, 5.74) is 11.7. The van der Waals surface area contributed by atoms with Gasteiger partial charge in [0.05, 0.1) is 18.5 Å². The molecule has 1 aliphatic rings. The molecule has 0 bridgehead atoms. The molecule has 0 saturated carbocycles. The summed E-state index contributed by atoms with van der Waals surface area (Å²) < 4.78 is 19.1. The van der Waals surface area contributed by atoms with Crippen molar-refractivity contribution in [3.05, 3.63) is 76.9 Å². The number of anilines is 2. The van der Waals surface area contributed by atoms with Crippen molar-refractivity contribution >= 4 is 23.6 Å². The molecule has 0 saturated heterocycles. The van der Waals surface area contributed by atoms with Gasteiger partial charge in [0.1, 0.15) is 5.82 Å². The fourth-order valence-corrected chi connectivity index (χ4v) is 3.65. The van der Waals surface area contributed by atoms with Gasteiger partial charge < -0.3 is 10.6 Å². The molecule has 0 spiro atoms. The summed E-state index contributed by atoms with van der Waals surface area (Å²) in [6.07, 6.45) is 2.28. The molecule has 166 valence electrons. The van der Waals surface area contributed by atoms with Crippen LogP contribution < -0.4 is 16.1 Å². The van der Waals surface area contributed by atoms with E-state index in [1.807, 2.05) is 18.2 Å². The first-order chi connectivity index (χ1) is 16.1. The van der Waals surface area contributed by atoms with Crippen molar-refractivity contribution in [1.29, 1.82) is 0 Å². The van der Waals surface area contributed by atoms with Crippen molar-refractivity contribution in [2.24, 2.45) is 5.10 Å². The summed E-state index contributed by atoms with van der Waals surface area (Å²) >= 11 is 0. The van der Waals surface area contributed by atoms with Gasteiger partial charge in [-0.15, -0.1) is 5.10 Å². The molecule has 3 N–H and O–H groups in total. The molecular formula is C21H18FN9O2. The average molecular weight is 447 g/mol. The number of fused-ring (bicyclic) bond motifs is 1. The molecule has 2 aromatic carbocycles. The van der Waals surface area contributed by atoms with Gasteiger partial charge in [-0.3, -0.25) is 4.79 Å². The third-order valence-corrected chi connectivity index (χ3v) is 5.25. The van der Waals surface area contributed by atoms with Crippen LogP contribution in [0.5, 0.6) is 0 Å². The summed E-state index contributed by atoms with van der Waals surface area (Å²) in [5, 5.41) is 19.4. The van der Waals surface area contributed by atoms with E-state index in [-0.39, 0.29) is 23.1 Å². The normalized spacial score (nSPS) is 12.9. The van der Waals surface area contributed by atoms with E-state index in [2.05, 4.69) is 42.1 Å². The highest BCUT2D eigenvalue weighted by molar-refractivity contribution is 5.94. The third kappa shape index (κ3) is 4.01. The first-order valence-electron chi connectivity index (χ1n) is 10.0. The van der Waals surface area contributed by atoms with Crippen molar-refractivity contribution in [3.63, 3.8) is 0 Å². The number of hydrogen-bond acceptors (Lipinski definition) is 9. The predicted molar refractivity (Wildman–Crippen MR) is 116 cm³/mol. The number of nitrogens with one attached hydrogen (secondary N) is 1. The minimum atomic E-state index is -0.572. The van der Waals surface area contributed by atoms with Gasteiger partial charge in [-0.2, -0.15) is 9.78 Å². The van der Waals surface area contributed by atoms with Crippen LogP contribution in [0.1, 0.15) is 27.3 Å². The summed E-state index contributed by atoms with van der Waals surface area (Å²) in [6.45, 7) is 1.08. The van der Waals surface area contributed by atoms with E-state index in [1.54, 1.807) is 0 Å². The molecule has 0 radical (unpaired) electrons. The quantitative estimate of drug-likeness (QED) is 0.336. The molecule has 1 aliphatic heterocycles. The van der Waals surface area contributed by atoms with Crippen molar-refractivity contribution in [3.8, 4) is 5.82 Å². The maximum atomic E-state index is 13.0. The zero-order chi connectivity index (χ0) is 22.8. The molecular weight excluding hydrogens is 429 g/mol. The van der Waals surface area contributed by atoms with Gasteiger partial charge in [0, 0.05) is 12.2 Å². The monoisotopic (exact) mass is 447 g/mol. The first-order valence-corrected chi connectivity index (χ1v) is 10.0. The van der Waals surface area contributed by atoms with Gasteiger partial charge in [-0.1, -0.05) is 35.5 Å². The number of nitrogen functional groups attached to an aromatic ring is 1. The zero-order valence-electron chi connectivity index (χ0n) is 17.2. The fraction of sp³-hybridized carbons (Fsp3) is 0.143. The fourth-order valence-electron chi connectivity index (χ4n) is 3.65. The molecule has 2 aromatic heterocycles. The van der Waals surface area contributed by atoms with Gasteiger partial charge in [0.2, 0.25) is 11.6 Å².